The Morgan fingerprint density at radius 2 is 1.86 bits per heavy atom. The fourth-order valence-electron chi connectivity index (χ4n) is 3.55. The molecule has 1 fully saturated rings. The molecule has 1 aromatic heterocycles. The van der Waals surface area contributed by atoms with E-state index in [0.717, 1.165) is 60.1 Å². The van der Waals surface area contributed by atoms with Crippen molar-refractivity contribution in [2.24, 2.45) is 0 Å². The first kappa shape index (κ1) is 19.0. The number of hydrogen-bond donors (Lipinski definition) is 2. The Bertz CT molecular complexity index is 992. The van der Waals surface area contributed by atoms with E-state index < -0.39 is 0 Å². The predicted molar refractivity (Wildman–Crippen MR) is 113 cm³/mol. The second-order valence-corrected chi connectivity index (χ2v) is 6.93. The number of carbonyl (C=O) groups is 1. The highest BCUT2D eigenvalue weighted by molar-refractivity contribution is 5.89. The zero-order valence-corrected chi connectivity index (χ0v) is 16.6. The number of ether oxygens (including phenoxy) is 1. The van der Waals surface area contributed by atoms with Crippen LogP contribution in [0.3, 0.4) is 0 Å². The van der Waals surface area contributed by atoms with Crippen molar-refractivity contribution < 1.29 is 14.1 Å². The Balaban J connectivity index is 1.66. The third-order valence-corrected chi connectivity index (χ3v) is 4.94. The van der Waals surface area contributed by atoms with Gasteiger partial charge in [-0.3, -0.25) is 4.79 Å². The Morgan fingerprint density at radius 3 is 2.55 bits per heavy atom. The number of nitrogens with one attached hydrogen (secondary N) is 2. The molecule has 150 valence electrons. The molecule has 0 bridgehead atoms. The largest absolute Gasteiger partial charge is 0.495 e. The molecule has 0 atom stereocenters. The summed E-state index contributed by atoms with van der Waals surface area (Å²) in [6.07, 6.45) is 0. The highest BCUT2D eigenvalue weighted by Crippen LogP contribution is 2.40. The monoisotopic (exact) mass is 392 g/mol. The molecule has 3 aromatic rings. The Morgan fingerprint density at radius 1 is 1.14 bits per heavy atom. The molecule has 1 saturated heterocycles. The maximum atomic E-state index is 11.2. The molecule has 2 aromatic carbocycles. The molecule has 2 heterocycles. The van der Waals surface area contributed by atoms with E-state index in [-0.39, 0.29) is 5.91 Å². The van der Waals surface area contributed by atoms with Crippen LogP contribution in [-0.4, -0.2) is 44.4 Å². The van der Waals surface area contributed by atoms with Crippen LogP contribution < -0.4 is 20.3 Å². The van der Waals surface area contributed by atoms with E-state index in [2.05, 4.69) is 20.7 Å². The van der Waals surface area contributed by atoms with E-state index in [9.17, 15) is 4.79 Å². The Labute approximate surface area is 169 Å². The van der Waals surface area contributed by atoms with Crippen LogP contribution in [0.1, 0.15) is 6.92 Å². The van der Waals surface area contributed by atoms with Gasteiger partial charge in [0.25, 0.3) is 0 Å². The summed E-state index contributed by atoms with van der Waals surface area (Å²) in [4.78, 5) is 13.4. The second kappa shape index (κ2) is 8.36. The zero-order valence-electron chi connectivity index (χ0n) is 16.6. The number of amides is 1. The van der Waals surface area contributed by atoms with Crippen LogP contribution in [0.2, 0.25) is 0 Å². The summed E-state index contributed by atoms with van der Waals surface area (Å²) in [6.45, 7) is 5.19. The number of piperazine rings is 1. The van der Waals surface area contributed by atoms with Gasteiger partial charge in [0.1, 0.15) is 5.75 Å². The number of aromatic nitrogens is 1. The van der Waals surface area contributed by atoms with Gasteiger partial charge in [-0.1, -0.05) is 29.4 Å². The lowest BCUT2D eigenvalue weighted by atomic mass is 10.00. The molecular formula is C22H24N4O3. The van der Waals surface area contributed by atoms with Crippen LogP contribution in [0.5, 0.6) is 5.75 Å². The minimum absolute atomic E-state index is 0.0945. The fraction of sp³-hybridized carbons (Fsp3) is 0.273. The topological polar surface area (TPSA) is 79.6 Å². The van der Waals surface area contributed by atoms with Crippen molar-refractivity contribution in [3.63, 3.8) is 0 Å². The van der Waals surface area contributed by atoms with E-state index in [1.165, 1.54) is 6.92 Å². The number of anilines is 2. The number of hydrogen-bond acceptors (Lipinski definition) is 6. The van der Waals surface area contributed by atoms with Gasteiger partial charge in [-0.15, -0.1) is 0 Å². The molecule has 0 spiro atoms. The molecule has 0 saturated carbocycles. The smallest absolute Gasteiger partial charge is 0.221 e. The van der Waals surface area contributed by atoms with Crippen LogP contribution in [-0.2, 0) is 4.79 Å². The lowest BCUT2D eigenvalue weighted by molar-refractivity contribution is -0.114. The highest BCUT2D eigenvalue weighted by atomic mass is 16.5. The maximum absolute atomic E-state index is 11.2. The van der Waals surface area contributed by atoms with E-state index in [0.29, 0.717) is 5.76 Å². The molecule has 1 amide bonds. The normalized spacial score (nSPS) is 13.9. The lowest BCUT2D eigenvalue weighted by Crippen LogP contribution is -2.43. The first-order chi connectivity index (χ1) is 14.2. The van der Waals surface area contributed by atoms with Gasteiger partial charge < -0.3 is 24.8 Å². The van der Waals surface area contributed by atoms with Gasteiger partial charge in [-0.05, 0) is 23.8 Å². The Hall–Kier alpha value is -3.32. The van der Waals surface area contributed by atoms with Crippen molar-refractivity contribution in [1.29, 1.82) is 0 Å². The van der Waals surface area contributed by atoms with Gasteiger partial charge in [0.05, 0.1) is 12.7 Å². The standard InChI is InChI=1S/C22H24N4O3/c1-15(27)24-17-8-6-16(7-9-17)18-4-3-5-19(22(18)28-2)20-14-21(25-29-20)26-12-10-23-11-13-26/h3-9,14,23H,10-13H2,1-2H3,(H,24,27). The number of benzene rings is 2. The molecule has 2 N–H and O–H groups in total. The molecule has 0 unspecified atom stereocenters. The van der Waals surface area contributed by atoms with Gasteiger partial charge >= 0.3 is 0 Å². The maximum Gasteiger partial charge on any atom is 0.221 e. The van der Waals surface area contributed by atoms with Crippen LogP contribution in [0.4, 0.5) is 11.5 Å². The summed E-state index contributed by atoms with van der Waals surface area (Å²) >= 11 is 0. The molecular weight excluding hydrogens is 368 g/mol. The molecule has 0 radical (unpaired) electrons. The summed E-state index contributed by atoms with van der Waals surface area (Å²) in [7, 11) is 1.65. The third-order valence-electron chi connectivity index (χ3n) is 4.94. The first-order valence-electron chi connectivity index (χ1n) is 9.63. The highest BCUT2D eigenvalue weighted by Gasteiger charge is 2.19. The van der Waals surface area contributed by atoms with Crippen molar-refractivity contribution in [2.45, 2.75) is 6.92 Å². The van der Waals surface area contributed by atoms with Crippen molar-refractivity contribution in [1.82, 2.24) is 10.5 Å². The number of methoxy groups -OCH3 is 1. The van der Waals surface area contributed by atoms with Gasteiger partial charge in [-0.2, -0.15) is 0 Å². The average Bonchev–Trinajstić information content (AvgIpc) is 3.24. The Kier molecular flexibility index (Phi) is 5.48. The molecule has 7 nitrogen and oxygen atoms in total. The molecule has 4 rings (SSSR count). The van der Waals surface area contributed by atoms with Crippen LogP contribution in [0.15, 0.2) is 53.1 Å². The molecule has 1 aliphatic rings. The van der Waals surface area contributed by atoms with Crippen molar-refractivity contribution >= 4 is 17.4 Å². The van der Waals surface area contributed by atoms with Crippen molar-refractivity contribution in [2.75, 3.05) is 43.5 Å². The van der Waals surface area contributed by atoms with E-state index in [4.69, 9.17) is 9.26 Å². The number of nitrogens with zero attached hydrogens (tertiary/aromatic N) is 2. The average molecular weight is 392 g/mol. The first-order valence-corrected chi connectivity index (χ1v) is 9.63. The number of rotatable bonds is 5. The van der Waals surface area contributed by atoms with Crippen LogP contribution >= 0.6 is 0 Å². The third kappa shape index (κ3) is 4.09. The van der Waals surface area contributed by atoms with Gasteiger partial charge in [-0.25, -0.2) is 0 Å². The zero-order chi connectivity index (χ0) is 20.2. The van der Waals surface area contributed by atoms with Crippen LogP contribution in [0, 0.1) is 0 Å². The van der Waals surface area contributed by atoms with E-state index >= 15 is 0 Å². The van der Waals surface area contributed by atoms with Crippen molar-refractivity contribution in [3.8, 4) is 28.2 Å². The molecule has 29 heavy (non-hydrogen) atoms. The lowest BCUT2D eigenvalue weighted by Gasteiger charge is -2.26. The van der Waals surface area contributed by atoms with Gasteiger partial charge in [0.2, 0.25) is 5.91 Å². The SMILES string of the molecule is COc1c(-c2ccc(NC(C)=O)cc2)cccc1-c1cc(N2CCNCC2)no1. The minimum atomic E-state index is -0.0945. The van der Waals surface area contributed by atoms with E-state index in [1.807, 2.05) is 48.5 Å². The summed E-state index contributed by atoms with van der Waals surface area (Å²) in [5, 5.41) is 10.4. The van der Waals surface area contributed by atoms with Gasteiger partial charge in [0.15, 0.2) is 11.6 Å². The fourth-order valence-corrected chi connectivity index (χ4v) is 3.55. The summed E-state index contributed by atoms with van der Waals surface area (Å²) in [5.41, 5.74) is 3.54. The molecule has 0 aliphatic carbocycles. The van der Waals surface area contributed by atoms with E-state index in [1.54, 1.807) is 7.11 Å². The van der Waals surface area contributed by atoms with Crippen molar-refractivity contribution in [3.05, 3.63) is 48.5 Å². The molecule has 1 aliphatic heterocycles. The number of carbonyl (C=O) groups excluding carboxylic acids is 1. The summed E-state index contributed by atoms with van der Waals surface area (Å²) in [6, 6.07) is 15.6. The predicted octanol–water partition coefficient (Wildman–Crippen LogP) is 3.39. The minimum Gasteiger partial charge on any atom is -0.495 e. The second-order valence-electron chi connectivity index (χ2n) is 6.93. The number of para-hydroxylation sites is 1. The van der Waals surface area contributed by atoms with Crippen LogP contribution in [0.25, 0.3) is 22.5 Å². The molecule has 7 heteroatoms. The summed E-state index contributed by atoms with van der Waals surface area (Å²) in [5.74, 6) is 2.14. The summed E-state index contributed by atoms with van der Waals surface area (Å²) < 4.78 is 11.4. The van der Waals surface area contributed by atoms with Gasteiger partial charge in [0, 0.05) is 50.4 Å². The quantitative estimate of drug-likeness (QED) is 0.693.